The molecule has 36 heavy (non-hydrogen) atoms. The molecule has 5 nitrogen and oxygen atoms in total. The predicted octanol–water partition coefficient (Wildman–Crippen LogP) is 6.32. The van der Waals surface area contributed by atoms with Crippen molar-refractivity contribution in [2.75, 3.05) is 6.54 Å². The Kier molecular flexibility index (Phi) is 7.75. The molecule has 0 spiro atoms. The summed E-state index contributed by atoms with van der Waals surface area (Å²) in [6.07, 6.45) is 1.81. The number of nitrogens with one attached hydrogen (secondary N) is 1. The SMILES string of the molecule is C=Cc1ccc(CSc2nc3cc(C(=O)NCC(C)C)ccc3c(=O)n2-c2cc(C)cc(C)c2)cc1. The summed E-state index contributed by atoms with van der Waals surface area (Å²) in [7, 11) is 0. The molecule has 1 N–H and O–H groups in total. The van der Waals surface area contributed by atoms with Crippen molar-refractivity contribution < 1.29 is 4.79 Å². The Morgan fingerprint density at radius 2 is 1.75 bits per heavy atom. The zero-order valence-corrected chi connectivity index (χ0v) is 22.0. The van der Waals surface area contributed by atoms with Crippen LogP contribution in [0.15, 0.2) is 77.2 Å². The molecule has 0 fully saturated rings. The molecular weight excluding hydrogens is 466 g/mol. The molecule has 0 saturated heterocycles. The summed E-state index contributed by atoms with van der Waals surface area (Å²) in [6, 6.07) is 19.4. The summed E-state index contributed by atoms with van der Waals surface area (Å²) in [4.78, 5) is 31.3. The molecule has 0 saturated carbocycles. The highest BCUT2D eigenvalue weighted by Crippen LogP contribution is 2.26. The number of benzene rings is 3. The van der Waals surface area contributed by atoms with E-state index in [0.717, 1.165) is 27.9 Å². The van der Waals surface area contributed by atoms with E-state index in [1.165, 1.54) is 11.8 Å². The van der Waals surface area contributed by atoms with Crippen molar-refractivity contribution in [1.29, 1.82) is 0 Å². The molecule has 3 aromatic carbocycles. The second-order valence-corrected chi connectivity index (χ2v) is 10.4. The van der Waals surface area contributed by atoms with Crippen LogP contribution in [0.2, 0.25) is 0 Å². The van der Waals surface area contributed by atoms with Crippen LogP contribution < -0.4 is 10.9 Å². The molecule has 0 bridgehead atoms. The van der Waals surface area contributed by atoms with Gasteiger partial charge in [0.05, 0.1) is 16.6 Å². The lowest BCUT2D eigenvalue weighted by atomic mass is 10.1. The Balaban J connectivity index is 1.80. The maximum Gasteiger partial charge on any atom is 0.266 e. The number of hydrogen-bond acceptors (Lipinski definition) is 4. The van der Waals surface area contributed by atoms with Crippen LogP contribution in [0.25, 0.3) is 22.7 Å². The van der Waals surface area contributed by atoms with E-state index in [-0.39, 0.29) is 11.5 Å². The van der Waals surface area contributed by atoms with E-state index < -0.39 is 0 Å². The van der Waals surface area contributed by atoms with Gasteiger partial charge in [0.1, 0.15) is 0 Å². The second kappa shape index (κ2) is 11.0. The number of carbonyl (C=O) groups excluding carboxylic acids is 1. The lowest BCUT2D eigenvalue weighted by Crippen LogP contribution is -2.27. The molecule has 0 atom stereocenters. The van der Waals surface area contributed by atoms with Crippen molar-refractivity contribution in [2.24, 2.45) is 5.92 Å². The van der Waals surface area contributed by atoms with E-state index in [2.05, 4.69) is 30.1 Å². The van der Waals surface area contributed by atoms with Gasteiger partial charge in [0.2, 0.25) is 0 Å². The molecule has 1 heterocycles. The van der Waals surface area contributed by atoms with Gasteiger partial charge in [-0.05, 0) is 72.4 Å². The van der Waals surface area contributed by atoms with Gasteiger partial charge in [0.25, 0.3) is 11.5 Å². The molecule has 4 aromatic rings. The van der Waals surface area contributed by atoms with Gasteiger partial charge in [-0.15, -0.1) is 0 Å². The molecule has 4 rings (SSSR count). The number of hydrogen-bond donors (Lipinski definition) is 1. The quantitative estimate of drug-likeness (QED) is 0.228. The summed E-state index contributed by atoms with van der Waals surface area (Å²) in [6.45, 7) is 12.5. The van der Waals surface area contributed by atoms with Crippen molar-refractivity contribution in [1.82, 2.24) is 14.9 Å². The fourth-order valence-electron chi connectivity index (χ4n) is 4.01. The zero-order valence-electron chi connectivity index (χ0n) is 21.2. The monoisotopic (exact) mass is 497 g/mol. The highest BCUT2D eigenvalue weighted by atomic mass is 32.2. The van der Waals surface area contributed by atoms with Crippen LogP contribution in [0.4, 0.5) is 0 Å². The third kappa shape index (κ3) is 5.77. The summed E-state index contributed by atoms with van der Waals surface area (Å²) < 4.78 is 1.68. The van der Waals surface area contributed by atoms with E-state index in [9.17, 15) is 9.59 Å². The summed E-state index contributed by atoms with van der Waals surface area (Å²) in [5.74, 6) is 0.831. The number of fused-ring (bicyclic) bond motifs is 1. The number of aryl methyl sites for hydroxylation is 2. The Morgan fingerprint density at radius 3 is 2.39 bits per heavy atom. The number of carbonyl (C=O) groups is 1. The first-order valence-corrected chi connectivity index (χ1v) is 13.0. The summed E-state index contributed by atoms with van der Waals surface area (Å²) in [5.41, 5.74) is 5.98. The van der Waals surface area contributed by atoms with Crippen LogP contribution in [0.5, 0.6) is 0 Å². The smallest absolute Gasteiger partial charge is 0.266 e. The van der Waals surface area contributed by atoms with E-state index in [1.54, 1.807) is 22.8 Å². The first-order chi connectivity index (χ1) is 17.2. The topological polar surface area (TPSA) is 64.0 Å². The van der Waals surface area contributed by atoms with Gasteiger partial charge in [-0.1, -0.05) is 68.6 Å². The Bertz CT molecular complexity index is 1470. The number of amides is 1. The molecule has 1 amide bonds. The van der Waals surface area contributed by atoms with Gasteiger partial charge in [0, 0.05) is 17.9 Å². The van der Waals surface area contributed by atoms with Crippen molar-refractivity contribution >= 4 is 34.6 Å². The molecule has 0 aliphatic carbocycles. The van der Waals surface area contributed by atoms with E-state index in [1.807, 2.05) is 58.0 Å². The minimum atomic E-state index is -0.164. The molecule has 1 aromatic heterocycles. The molecule has 0 aliphatic heterocycles. The fourth-order valence-corrected chi connectivity index (χ4v) is 4.98. The Morgan fingerprint density at radius 1 is 1.06 bits per heavy atom. The number of rotatable bonds is 8. The first kappa shape index (κ1) is 25.5. The predicted molar refractivity (Wildman–Crippen MR) is 150 cm³/mol. The van der Waals surface area contributed by atoms with Crippen molar-refractivity contribution in [3.63, 3.8) is 0 Å². The first-order valence-electron chi connectivity index (χ1n) is 12.0. The fraction of sp³-hybridized carbons (Fsp3) is 0.233. The van der Waals surface area contributed by atoms with Crippen LogP contribution in [0.1, 0.15) is 46.5 Å². The maximum atomic E-state index is 13.8. The standard InChI is InChI=1S/C30H31N3O2S/c1-6-22-7-9-23(10-8-22)18-36-30-32-27-16-24(28(34)31-17-19(2)3)11-12-26(27)29(35)33(30)25-14-20(4)13-21(5)15-25/h6-16,19H,1,17-18H2,2-5H3,(H,31,34). The second-order valence-electron chi connectivity index (χ2n) is 9.45. The van der Waals surface area contributed by atoms with Crippen molar-refractivity contribution in [2.45, 2.75) is 38.6 Å². The van der Waals surface area contributed by atoms with Crippen LogP contribution in [-0.4, -0.2) is 22.0 Å². The summed E-state index contributed by atoms with van der Waals surface area (Å²) >= 11 is 1.50. The lowest BCUT2D eigenvalue weighted by molar-refractivity contribution is 0.0949. The number of nitrogens with zero attached hydrogens (tertiary/aromatic N) is 2. The zero-order chi connectivity index (χ0) is 25.8. The largest absolute Gasteiger partial charge is 0.352 e. The molecule has 0 radical (unpaired) electrons. The normalized spacial score (nSPS) is 11.1. The lowest BCUT2D eigenvalue weighted by Gasteiger charge is -2.15. The van der Waals surface area contributed by atoms with Gasteiger partial charge in [-0.2, -0.15) is 0 Å². The van der Waals surface area contributed by atoms with E-state index in [4.69, 9.17) is 4.98 Å². The number of aromatic nitrogens is 2. The molecule has 6 heteroatoms. The van der Waals surface area contributed by atoms with Gasteiger partial charge in [-0.25, -0.2) is 4.98 Å². The molecule has 184 valence electrons. The molecule has 0 unspecified atom stereocenters. The third-order valence-corrected chi connectivity index (χ3v) is 6.83. The van der Waals surface area contributed by atoms with Crippen molar-refractivity contribution in [3.05, 3.63) is 105 Å². The van der Waals surface area contributed by atoms with Crippen molar-refractivity contribution in [3.8, 4) is 5.69 Å². The van der Waals surface area contributed by atoms with Gasteiger partial charge < -0.3 is 5.32 Å². The van der Waals surface area contributed by atoms with Gasteiger partial charge in [0.15, 0.2) is 5.16 Å². The van der Waals surface area contributed by atoms with Crippen LogP contribution >= 0.6 is 11.8 Å². The third-order valence-electron chi connectivity index (χ3n) is 5.82. The van der Waals surface area contributed by atoms with Gasteiger partial charge in [-0.3, -0.25) is 14.2 Å². The average Bonchev–Trinajstić information content (AvgIpc) is 2.85. The molecule has 0 aliphatic rings. The minimum absolute atomic E-state index is 0.149. The maximum absolute atomic E-state index is 13.8. The minimum Gasteiger partial charge on any atom is -0.352 e. The van der Waals surface area contributed by atoms with Crippen LogP contribution in [0, 0.1) is 19.8 Å². The number of thioether (sulfide) groups is 1. The summed E-state index contributed by atoms with van der Waals surface area (Å²) in [5, 5.41) is 4.00. The van der Waals surface area contributed by atoms with Crippen LogP contribution in [-0.2, 0) is 5.75 Å². The Labute approximate surface area is 216 Å². The highest BCUT2D eigenvalue weighted by molar-refractivity contribution is 7.98. The highest BCUT2D eigenvalue weighted by Gasteiger charge is 2.16. The van der Waals surface area contributed by atoms with E-state index >= 15 is 0 Å². The Hall–Kier alpha value is -3.64. The average molecular weight is 498 g/mol. The van der Waals surface area contributed by atoms with Gasteiger partial charge >= 0.3 is 0 Å². The molecular formula is C30H31N3O2S. The van der Waals surface area contributed by atoms with Crippen LogP contribution in [0.3, 0.4) is 0 Å². The van der Waals surface area contributed by atoms with E-state index in [0.29, 0.717) is 39.8 Å².